The molecule has 0 saturated carbocycles. The molecule has 0 aliphatic rings. The first-order chi connectivity index (χ1) is 9.15. The molecule has 0 aliphatic heterocycles. The molecular weight excluding hydrogens is 262 g/mol. The van der Waals surface area contributed by atoms with Gasteiger partial charge < -0.3 is 9.64 Å². The second-order valence-electron chi connectivity index (χ2n) is 4.42. The van der Waals surface area contributed by atoms with Crippen molar-refractivity contribution < 1.29 is 4.74 Å². The van der Waals surface area contributed by atoms with E-state index in [-0.39, 0.29) is 6.04 Å². The van der Waals surface area contributed by atoms with Crippen LogP contribution in [0.1, 0.15) is 31.9 Å². The Balaban J connectivity index is 2.81. The van der Waals surface area contributed by atoms with Crippen molar-refractivity contribution in [2.75, 3.05) is 26.7 Å². The van der Waals surface area contributed by atoms with E-state index in [2.05, 4.69) is 24.2 Å². The Kier molecular flexibility index (Phi) is 7.16. The molecule has 0 fully saturated rings. The number of methoxy groups -OCH3 is 1. The molecule has 3 N–H and O–H groups in total. The largest absolute Gasteiger partial charge is 0.496 e. The highest BCUT2D eigenvalue weighted by Gasteiger charge is 2.16. The SMILES string of the molecule is CCN(CC)CCC(NN)c1cc(Cl)ccc1OC. The van der Waals surface area contributed by atoms with Gasteiger partial charge in [0, 0.05) is 10.6 Å². The summed E-state index contributed by atoms with van der Waals surface area (Å²) in [5, 5.41) is 0.693. The second kappa shape index (κ2) is 8.38. The molecule has 1 unspecified atom stereocenters. The van der Waals surface area contributed by atoms with Crippen LogP contribution in [-0.4, -0.2) is 31.6 Å². The van der Waals surface area contributed by atoms with Crippen molar-refractivity contribution in [3.63, 3.8) is 0 Å². The van der Waals surface area contributed by atoms with E-state index in [0.29, 0.717) is 5.02 Å². The minimum absolute atomic E-state index is 0.0363. The Morgan fingerprint density at radius 2 is 2.05 bits per heavy atom. The number of ether oxygens (including phenoxy) is 1. The normalized spacial score (nSPS) is 12.7. The van der Waals surface area contributed by atoms with Gasteiger partial charge in [-0.2, -0.15) is 0 Å². The quantitative estimate of drug-likeness (QED) is 0.569. The summed E-state index contributed by atoms with van der Waals surface area (Å²) >= 11 is 6.06. The van der Waals surface area contributed by atoms with E-state index in [1.54, 1.807) is 7.11 Å². The molecule has 1 rings (SSSR count). The number of benzene rings is 1. The predicted molar refractivity (Wildman–Crippen MR) is 80.5 cm³/mol. The Bertz CT molecular complexity index is 383. The second-order valence-corrected chi connectivity index (χ2v) is 4.86. The van der Waals surface area contributed by atoms with E-state index in [9.17, 15) is 0 Å². The molecule has 1 atom stereocenters. The monoisotopic (exact) mass is 285 g/mol. The Morgan fingerprint density at radius 1 is 1.37 bits per heavy atom. The zero-order chi connectivity index (χ0) is 14.3. The fourth-order valence-electron chi connectivity index (χ4n) is 2.16. The lowest BCUT2D eigenvalue weighted by Gasteiger charge is -2.23. The van der Waals surface area contributed by atoms with Crippen LogP contribution >= 0.6 is 11.6 Å². The van der Waals surface area contributed by atoms with Gasteiger partial charge in [-0.05, 0) is 44.3 Å². The Hall–Kier alpha value is -0.810. The third kappa shape index (κ3) is 4.66. The van der Waals surface area contributed by atoms with E-state index in [1.165, 1.54) is 0 Å². The van der Waals surface area contributed by atoms with E-state index in [0.717, 1.165) is 37.4 Å². The third-order valence-electron chi connectivity index (χ3n) is 3.40. The van der Waals surface area contributed by atoms with Gasteiger partial charge in [0.1, 0.15) is 5.75 Å². The molecule has 0 aliphatic carbocycles. The first kappa shape index (κ1) is 16.2. The molecule has 0 bridgehead atoms. The summed E-state index contributed by atoms with van der Waals surface area (Å²) in [4.78, 5) is 2.36. The molecule has 0 heterocycles. The Morgan fingerprint density at radius 3 is 2.58 bits per heavy atom. The molecule has 0 saturated heterocycles. The molecule has 1 aromatic rings. The van der Waals surface area contributed by atoms with Crippen molar-refractivity contribution in [2.45, 2.75) is 26.3 Å². The summed E-state index contributed by atoms with van der Waals surface area (Å²) in [5.41, 5.74) is 3.86. The first-order valence-corrected chi connectivity index (χ1v) is 7.05. The minimum atomic E-state index is 0.0363. The molecule has 5 heteroatoms. The lowest BCUT2D eigenvalue weighted by atomic mass is 10.0. The van der Waals surface area contributed by atoms with Gasteiger partial charge in [0.15, 0.2) is 0 Å². The van der Waals surface area contributed by atoms with Crippen LogP contribution in [0, 0.1) is 0 Å². The van der Waals surface area contributed by atoms with Gasteiger partial charge in [-0.1, -0.05) is 25.4 Å². The van der Waals surface area contributed by atoms with Gasteiger partial charge in [0.2, 0.25) is 0 Å². The smallest absolute Gasteiger partial charge is 0.123 e. The van der Waals surface area contributed by atoms with Crippen LogP contribution in [-0.2, 0) is 0 Å². The van der Waals surface area contributed by atoms with Crippen LogP contribution in [0.15, 0.2) is 18.2 Å². The van der Waals surface area contributed by atoms with Crippen molar-refractivity contribution >= 4 is 11.6 Å². The number of rotatable bonds is 8. The number of hydrogen-bond donors (Lipinski definition) is 2. The molecule has 19 heavy (non-hydrogen) atoms. The average molecular weight is 286 g/mol. The van der Waals surface area contributed by atoms with Crippen molar-refractivity contribution in [1.82, 2.24) is 10.3 Å². The highest BCUT2D eigenvalue weighted by Crippen LogP contribution is 2.29. The molecule has 0 amide bonds. The molecule has 1 aromatic carbocycles. The van der Waals surface area contributed by atoms with Crippen molar-refractivity contribution in [2.24, 2.45) is 5.84 Å². The number of halogens is 1. The highest BCUT2D eigenvalue weighted by atomic mass is 35.5. The summed E-state index contributed by atoms with van der Waals surface area (Å²) < 4.78 is 5.37. The summed E-state index contributed by atoms with van der Waals surface area (Å²) in [6.45, 7) is 7.39. The maximum atomic E-state index is 6.06. The van der Waals surface area contributed by atoms with Crippen LogP contribution in [0.3, 0.4) is 0 Å². The number of nitrogens with one attached hydrogen (secondary N) is 1. The molecule has 108 valence electrons. The lowest BCUT2D eigenvalue weighted by molar-refractivity contribution is 0.280. The number of hydrazine groups is 1. The van der Waals surface area contributed by atoms with Gasteiger partial charge in [-0.15, -0.1) is 0 Å². The predicted octanol–water partition coefficient (Wildman–Crippen LogP) is 2.58. The maximum absolute atomic E-state index is 6.06. The zero-order valence-electron chi connectivity index (χ0n) is 11.9. The topological polar surface area (TPSA) is 50.5 Å². The fraction of sp³-hybridized carbons (Fsp3) is 0.571. The van der Waals surface area contributed by atoms with Gasteiger partial charge in [0.05, 0.1) is 13.2 Å². The highest BCUT2D eigenvalue weighted by molar-refractivity contribution is 6.30. The van der Waals surface area contributed by atoms with Crippen molar-refractivity contribution in [3.05, 3.63) is 28.8 Å². The van der Waals surface area contributed by atoms with Crippen LogP contribution in [0.2, 0.25) is 5.02 Å². The summed E-state index contributed by atoms with van der Waals surface area (Å²) in [6.07, 6.45) is 0.912. The number of nitrogens with zero attached hydrogens (tertiary/aromatic N) is 1. The van der Waals surface area contributed by atoms with Gasteiger partial charge in [0.25, 0.3) is 0 Å². The molecule has 0 aromatic heterocycles. The average Bonchev–Trinajstić information content (AvgIpc) is 2.44. The molecule has 4 nitrogen and oxygen atoms in total. The van der Waals surface area contributed by atoms with Crippen LogP contribution in [0.25, 0.3) is 0 Å². The summed E-state index contributed by atoms with van der Waals surface area (Å²) in [7, 11) is 1.66. The molecule has 0 spiro atoms. The van der Waals surface area contributed by atoms with Crippen LogP contribution < -0.4 is 16.0 Å². The van der Waals surface area contributed by atoms with Gasteiger partial charge in [-0.25, -0.2) is 0 Å². The molecular formula is C14H24ClN3O. The zero-order valence-corrected chi connectivity index (χ0v) is 12.7. The summed E-state index contributed by atoms with van der Waals surface area (Å²) in [6, 6.07) is 5.64. The van der Waals surface area contributed by atoms with E-state index < -0.39 is 0 Å². The summed E-state index contributed by atoms with van der Waals surface area (Å²) in [5.74, 6) is 6.49. The van der Waals surface area contributed by atoms with Gasteiger partial charge in [-0.3, -0.25) is 11.3 Å². The van der Waals surface area contributed by atoms with E-state index in [1.807, 2.05) is 18.2 Å². The molecule has 0 radical (unpaired) electrons. The van der Waals surface area contributed by atoms with E-state index in [4.69, 9.17) is 22.2 Å². The fourth-order valence-corrected chi connectivity index (χ4v) is 2.34. The standard InChI is InChI=1S/C14H24ClN3O/c1-4-18(5-2)9-8-13(17-16)12-10-11(15)6-7-14(12)19-3/h6-7,10,13,17H,4-5,8-9,16H2,1-3H3. The van der Waals surface area contributed by atoms with Crippen LogP contribution in [0.5, 0.6) is 5.75 Å². The van der Waals surface area contributed by atoms with E-state index >= 15 is 0 Å². The maximum Gasteiger partial charge on any atom is 0.123 e. The Labute approximate surface area is 120 Å². The first-order valence-electron chi connectivity index (χ1n) is 6.68. The lowest BCUT2D eigenvalue weighted by Crippen LogP contribution is -2.33. The number of nitrogens with two attached hydrogens (primary N) is 1. The van der Waals surface area contributed by atoms with Crippen molar-refractivity contribution in [3.8, 4) is 5.75 Å². The van der Waals surface area contributed by atoms with Crippen molar-refractivity contribution in [1.29, 1.82) is 0 Å². The third-order valence-corrected chi connectivity index (χ3v) is 3.63. The van der Waals surface area contributed by atoms with Crippen LogP contribution in [0.4, 0.5) is 0 Å². The van der Waals surface area contributed by atoms with Gasteiger partial charge >= 0.3 is 0 Å². The minimum Gasteiger partial charge on any atom is -0.496 e. The number of hydrogen-bond acceptors (Lipinski definition) is 4.